The molecule has 0 aromatic carbocycles. The van der Waals surface area contributed by atoms with Crippen molar-refractivity contribution >= 4 is 40.8 Å². The van der Waals surface area contributed by atoms with Gasteiger partial charge in [0.15, 0.2) is 4.34 Å². The third kappa shape index (κ3) is 2.55. The fourth-order valence-corrected chi connectivity index (χ4v) is 2.38. The second-order valence-corrected chi connectivity index (χ2v) is 4.83. The van der Waals surface area contributed by atoms with Gasteiger partial charge in [0.05, 0.1) is 11.2 Å². The molecule has 0 unspecified atom stereocenters. The van der Waals surface area contributed by atoms with E-state index < -0.39 is 0 Å². The number of halogens is 1. The zero-order valence-corrected chi connectivity index (χ0v) is 10.0. The number of rotatable bonds is 3. The van der Waals surface area contributed by atoms with E-state index in [1.807, 2.05) is 0 Å². The Morgan fingerprint density at radius 1 is 1.47 bits per heavy atom. The first-order valence-electron chi connectivity index (χ1n) is 3.94. The van der Waals surface area contributed by atoms with Crippen LogP contribution in [0, 0.1) is 0 Å². The molecule has 0 atom stereocenters. The van der Waals surface area contributed by atoms with Crippen molar-refractivity contribution in [3.8, 4) is 0 Å². The highest BCUT2D eigenvalue weighted by atomic mass is 35.5. The largest absolute Gasteiger partial charge is 0.357 e. The fourth-order valence-electron chi connectivity index (χ4n) is 0.834. The number of aromatic nitrogens is 4. The van der Waals surface area contributed by atoms with Gasteiger partial charge in [-0.05, 0) is 23.3 Å². The number of hydrogen-bond acceptors (Lipinski definition) is 7. The highest BCUT2D eigenvalue weighted by Gasteiger charge is 2.08. The van der Waals surface area contributed by atoms with Crippen molar-refractivity contribution in [2.24, 2.45) is 0 Å². The maximum Gasteiger partial charge on any atom is 0.223 e. The van der Waals surface area contributed by atoms with E-state index in [0.717, 1.165) is 4.34 Å². The molecule has 0 saturated carbocycles. The van der Waals surface area contributed by atoms with Gasteiger partial charge in [-0.3, -0.25) is 0 Å². The Hall–Kier alpha value is -0.920. The van der Waals surface area contributed by atoms with Crippen molar-refractivity contribution in [3.63, 3.8) is 0 Å². The zero-order valence-electron chi connectivity index (χ0n) is 7.64. The first-order chi connectivity index (χ1) is 7.29. The Morgan fingerprint density at radius 2 is 2.33 bits per heavy atom. The third-order valence-corrected chi connectivity index (χ3v) is 3.57. The van der Waals surface area contributed by atoms with Crippen LogP contribution in [0.1, 0.15) is 0 Å². The first-order valence-corrected chi connectivity index (χ1v) is 5.91. The SMILES string of the molecule is CNc1ncc(Cl)c(Sc2ncns2)n1. The number of nitrogens with zero attached hydrogens (tertiary/aromatic N) is 4. The van der Waals surface area contributed by atoms with Gasteiger partial charge < -0.3 is 5.32 Å². The Morgan fingerprint density at radius 3 is 3.00 bits per heavy atom. The van der Waals surface area contributed by atoms with Gasteiger partial charge in [0.2, 0.25) is 5.95 Å². The van der Waals surface area contributed by atoms with Crippen LogP contribution in [0.25, 0.3) is 0 Å². The lowest BCUT2D eigenvalue weighted by atomic mass is 10.6. The van der Waals surface area contributed by atoms with Crippen LogP contribution in [0.4, 0.5) is 5.95 Å². The quantitative estimate of drug-likeness (QED) is 0.853. The van der Waals surface area contributed by atoms with Gasteiger partial charge in [-0.2, -0.15) is 4.37 Å². The Bertz CT molecular complexity index is 447. The van der Waals surface area contributed by atoms with E-state index in [1.165, 1.54) is 29.6 Å². The monoisotopic (exact) mass is 259 g/mol. The lowest BCUT2D eigenvalue weighted by Gasteiger charge is -2.02. The lowest BCUT2D eigenvalue weighted by Crippen LogP contribution is -1.96. The Labute approximate surface area is 99.5 Å². The van der Waals surface area contributed by atoms with Crippen LogP contribution >= 0.6 is 34.9 Å². The first kappa shape index (κ1) is 10.6. The van der Waals surface area contributed by atoms with Crippen molar-refractivity contribution in [2.45, 2.75) is 9.37 Å². The summed E-state index contributed by atoms with van der Waals surface area (Å²) >= 11 is 8.63. The summed E-state index contributed by atoms with van der Waals surface area (Å²) in [6, 6.07) is 0. The minimum atomic E-state index is 0.509. The molecule has 78 valence electrons. The highest BCUT2D eigenvalue weighted by Crippen LogP contribution is 2.31. The molecule has 1 N–H and O–H groups in total. The van der Waals surface area contributed by atoms with Crippen LogP contribution in [-0.4, -0.2) is 26.4 Å². The van der Waals surface area contributed by atoms with E-state index in [-0.39, 0.29) is 0 Å². The molecule has 2 aromatic heterocycles. The summed E-state index contributed by atoms with van der Waals surface area (Å²) in [5.74, 6) is 0.534. The van der Waals surface area contributed by atoms with E-state index in [0.29, 0.717) is 16.0 Å². The number of anilines is 1. The van der Waals surface area contributed by atoms with Crippen LogP contribution < -0.4 is 5.32 Å². The van der Waals surface area contributed by atoms with Crippen LogP contribution in [0.3, 0.4) is 0 Å². The molecule has 0 bridgehead atoms. The number of nitrogens with one attached hydrogen (secondary N) is 1. The Balaban J connectivity index is 2.27. The topological polar surface area (TPSA) is 63.6 Å². The fraction of sp³-hybridized carbons (Fsp3) is 0.143. The van der Waals surface area contributed by atoms with Gasteiger partial charge in [0.25, 0.3) is 0 Å². The minimum Gasteiger partial charge on any atom is -0.357 e. The summed E-state index contributed by atoms with van der Waals surface area (Å²) in [6.07, 6.45) is 3.06. The molecule has 2 aromatic rings. The molecule has 5 nitrogen and oxygen atoms in total. The lowest BCUT2D eigenvalue weighted by molar-refractivity contribution is 1.04. The molecule has 0 radical (unpaired) electrons. The van der Waals surface area contributed by atoms with E-state index in [9.17, 15) is 0 Å². The average Bonchev–Trinajstić information content (AvgIpc) is 2.74. The summed E-state index contributed by atoms with van der Waals surface area (Å²) in [5, 5.41) is 4.03. The van der Waals surface area contributed by atoms with Gasteiger partial charge >= 0.3 is 0 Å². The van der Waals surface area contributed by atoms with Crippen LogP contribution in [-0.2, 0) is 0 Å². The maximum atomic E-state index is 5.95. The summed E-state index contributed by atoms with van der Waals surface area (Å²) in [7, 11) is 1.75. The molecular weight excluding hydrogens is 254 g/mol. The molecule has 0 aliphatic heterocycles. The highest BCUT2D eigenvalue weighted by molar-refractivity contribution is 8.01. The maximum absolute atomic E-state index is 5.95. The molecule has 0 aliphatic carbocycles. The molecule has 0 fully saturated rings. The average molecular weight is 260 g/mol. The van der Waals surface area contributed by atoms with Gasteiger partial charge in [-0.25, -0.2) is 15.0 Å². The standard InChI is InChI=1S/C7H6ClN5S2/c1-9-6-10-2-4(8)5(13-6)14-7-11-3-12-15-7/h2-3H,1H3,(H,9,10,13). The van der Waals surface area contributed by atoms with Crippen LogP contribution in [0.2, 0.25) is 5.02 Å². The molecule has 15 heavy (non-hydrogen) atoms. The summed E-state index contributed by atoms with van der Waals surface area (Å²) < 4.78 is 4.70. The molecular formula is C7H6ClN5S2. The van der Waals surface area contributed by atoms with Crippen molar-refractivity contribution < 1.29 is 0 Å². The molecule has 8 heteroatoms. The number of hydrogen-bond donors (Lipinski definition) is 1. The van der Waals surface area contributed by atoms with Crippen molar-refractivity contribution in [1.82, 2.24) is 19.3 Å². The van der Waals surface area contributed by atoms with E-state index >= 15 is 0 Å². The van der Waals surface area contributed by atoms with E-state index in [1.54, 1.807) is 13.2 Å². The summed E-state index contributed by atoms with van der Waals surface area (Å²) in [5.41, 5.74) is 0. The predicted octanol–water partition coefficient (Wildman–Crippen LogP) is 2.17. The van der Waals surface area contributed by atoms with Crippen molar-refractivity contribution in [2.75, 3.05) is 12.4 Å². The van der Waals surface area contributed by atoms with Crippen molar-refractivity contribution in [3.05, 3.63) is 17.5 Å². The van der Waals surface area contributed by atoms with E-state index in [4.69, 9.17) is 11.6 Å². The summed E-state index contributed by atoms with van der Waals surface area (Å²) in [4.78, 5) is 12.2. The molecule has 2 rings (SSSR count). The minimum absolute atomic E-state index is 0.509. The molecule has 0 aliphatic rings. The van der Waals surface area contributed by atoms with Crippen LogP contribution in [0.5, 0.6) is 0 Å². The van der Waals surface area contributed by atoms with Gasteiger partial charge in [-0.15, -0.1) is 0 Å². The van der Waals surface area contributed by atoms with Crippen molar-refractivity contribution in [1.29, 1.82) is 0 Å². The van der Waals surface area contributed by atoms with Gasteiger partial charge in [0, 0.05) is 7.05 Å². The third-order valence-electron chi connectivity index (χ3n) is 1.46. The second-order valence-electron chi connectivity index (χ2n) is 2.41. The molecule has 2 heterocycles. The van der Waals surface area contributed by atoms with E-state index in [2.05, 4.69) is 24.6 Å². The van der Waals surface area contributed by atoms with Gasteiger partial charge in [-0.1, -0.05) is 11.6 Å². The van der Waals surface area contributed by atoms with Crippen LogP contribution in [0.15, 0.2) is 21.9 Å². The Kier molecular flexibility index (Phi) is 3.34. The molecule has 0 spiro atoms. The summed E-state index contributed by atoms with van der Waals surface area (Å²) in [6.45, 7) is 0. The zero-order chi connectivity index (χ0) is 10.7. The normalized spacial score (nSPS) is 10.3. The molecule has 0 amide bonds. The van der Waals surface area contributed by atoms with Gasteiger partial charge in [0.1, 0.15) is 11.4 Å². The smallest absolute Gasteiger partial charge is 0.223 e. The second kappa shape index (κ2) is 4.73. The predicted molar refractivity (Wildman–Crippen MR) is 60.6 cm³/mol. The molecule has 0 saturated heterocycles.